The van der Waals surface area contributed by atoms with Crippen molar-refractivity contribution >= 4 is 65.2 Å². The highest BCUT2D eigenvalue weighted by Gasteiger charge is 2.36. The van der Waals surface area contributed by atoms with E-state index in [1.165, 1.54) is 154 Å². The number of benzene rings is 12. The Kier molecular flexibility index (Phi) is 10.8. The Bertz CT molecular complexity index is 4580. The minimum absolute atomic E-state index is 0.0958. The number of fused-ring (bicyclic) bond motifs is 11. The minimum Gasteiger partial charge on any atom is -0.309 e. The van der Waals surface area contributed by atoms with E-state index in [9.17, 15) is 0 Å². The molecule has 12 aromatic carbocycles. The molecule has 1 aliphatic carbocycles. The summed E-state index contributed by atoms with van der Waals surface area (Å²) in [6.07, 6.45) is 0. The van der Waals surface area contributed by atoms with Crippen molar-refractivity contribution in [2.45, 2.75) is 71.6 Å². The first-order chi connectivity index (χ1) is 39.2. The maximum atomic E-state index is 2.48. The highest BCUT2D eigenvalue weighted by atomic mass is 15.0. The minimum atomic E-state index is -0.214. The van der Waals surface area contributed by atoms with Gasteiger partial charge in [0.1, 0.15) is 0 Å². The highest BCUT2D eigenvalue weighted by Crippen LogP contribution is 2.52. The molecule has 0 unspecified atom stereocenters. The van der Waals surface area contributed by atoms with E-state index in [-0.39, 0.29) is 16.2 Å². The normalized spacial score (nSPS) is 13.3. The molecule has 0 radical (unpaired) electrons. The molecule has 0 amide bonds. The van der Waals surface area contributed by atoms with Gasteiger partial charge in [-0.15, -0.1) is 0 Å². The first-order valence-corrected chi connectivity index (χ1v) is 28.8. The zero-order chi connectivity index (χ0) is 55.1. The fourth-order valence-electron chi connectivity index (χ4n) is 13.7. The molecule has 1 aliphatic rings. The molecule has 0 aliphatic heterocycles. The molecule has 2 heterocycles. The quantitative estimate of drug-likeness (QED) is 0.157. The summed E-state index contributed by atoms with van der Waals surface area (Å²) in [5, 5.41) is 10.1. The van der Waals surface area contributed by atoms with Crippen LogP contribution < -0.4 is 0 Å². The maximum Gasteiger partial charge on any atom is 0.0541 e. The van der Waals surface area contributed by atoms with Crippen LogP contribution in [0.3, 0.4) is 0 Å². The summed E-state index contributed by atoms with van der Waals surface area (Å²) in [4.78, 5) is 0. The van der Waals surface area contributed by atoms with E-state index in [2.05, 4.69) is 307 Å². The molecule has 0 N–H and O–H groups in total. The zero-order valence-electron chi connectivity index (χ0n) is 47.5. The summed E-state index contributed by atoms with van der Waals surface area (Å²) in [5.41, 5.74) is 25.2. The van der Waals surface area contributed by atoms with Crippen molar-refractivity contribution in [2.24, 2.45) is 0 Å². The van der Waals surface area contributed by atoms with Crippen molar-refractivity contribution in [3.05, 3.63) is 265 Å². The average Bonchev–Trinajstić information content (AvgIpc) is 3.85. The summed E-state index contributed by atoms with van der Waals surface area (Å²) >= 11 is 0. The van der Waals surface area contributed by atoms with Crippen LogP contribution in [0, 0.1) is 0 Å². The second-order valence-electron chi connectivity index (χ2n) is 25.3. The molecule has 0 fully saturated rings. The zero-order valence-corrected chi connectivity index (χ0v) is 47.5. The van der Waals surface area contributed by atoms with E-state index < -0.39 is 0 Å². The first kappa shape index (κ1) is 48.9. The molecular weight excluding hydrogens is 977 g/mol. The number of rotatable bonds is 6. The summed E-state index contributed by atoms with van der Waals surface area (Å²) < 4.78 is 4.84. The van der Waals surface area contributed by atoms with Crippen LogP contribution in [0.2, 0.25) is 0 Å². The van der Waals surface area contributed by atoms with Crippen LogP contribution in [-0.2, 0) is 16.2 Å². The number of hydrogen-bond acceptors (Lipinski definition) is 0. The Hall–Kier alpha value is -9.24. The number of nitrogens with zero attached hydrogens (tertiary/aromatic N) is 2. The van der Waals surface area contributed by atoms with E-state index in [0.29, 0.717) is 0 Å². The molecule has 0 saturated carbocycles. The van der Waals surface area contributed by atoms with E-state index in [1.807, 2.05) is 0 Å². The van der Waals surface area contributed by atoms with Crippen LogP contribution in [0.1, 0.15) is 77.6 Å². The third-order valence-electron chi connectivity index (χ3n) is 18.1. The van der Waals surface area contributed by atoms with Crippen LogP contribution in [0.4, 0.5) is 0 Å². The predicted octanol–water partition coefficient (Wildman–Crippen LogP) is 21.8. The van der Waals surface area contributed by atoms with Crippen molar-refractivity contribution in [1.82, 2.24) is 9.13 Å². The Morgan fingerprint density at radius 2 is 0.543 bits per heavy atom. The molecule has 81 heavy (non-hydrogen) atoms. The fourth-order valence-corrected chi connectivity index (χ4v) is 13.7. The lowest BCUT2D eigenvalue weighted by Crippen LogP contribution is -2.15. The van der Waals surface area contributed by atoms with Crippen LogP contribution in [-0.4, -0.2) is 9.13 Å². The summed E-state index contributed by atoms with van der Waals surface area (Å²) in [6, 6.07) is 91.8. The van der Waals surface area contributed by atoms with Crippen molar-refractivity contribution in [2.75, 3.05) is 0 Å². The molecule has 0 atom stereocenters. The lowest BCUT2D eigenvalue weighted by atomic mass is 9.80. The van der Waals surface area contributed by atoms with Gasteiger partial charge in [0.2, 0.25) is 0 Å². The van der Waals surface area contributed by atoms with Gasteiger partial charge in [-0.05, 0) is 183 Å². The summed E-state index contributed by atoms with van der Waals surface area (Å²) in [7, 11) is 0. The van der Waals surface area contributed by atoms with Crippen molar-refractivity contribution in [1.29, 1.82) is 0 Å². The van der Waals surface area contributed by atoms with Gasteiger partial charge in [-0.3, -0.25) is 0 Å². The molecule has 0 bridgehead atoms. The van der Waals surface area contributed by atoms with Crippen LogP contribution in [0.25, 0.3) is 132 Å². The van der Waals surface area contributed by atoms with Gasteiger partial charge in [0.25, 0.3) is 0 Å². The van der Waals surface area contributed by atoms with Gasteiger partial charge in [-0.1, -0.05) is 225 Å². The van der Waals surface area contributed by atoms with Gasteiger partial charge in [0, 0.05) is 38.3 Å². The third-order valence-corrected chi connectivity index (χ3v) is 18.1. The molecule has 2 heteroatoms. The lowest BCUT2D eigenvalue weighted by Gasteiger charge is -2.23. The van der Waals surface area contributed by atoms with Crippen molar-refractivity contribution < 1.29 is 0 Å². The van der Waals surface area contributed by atoms with E-state index >= 15 is 0 Å². The van der Waals surface area contributed by atoms with Crippen LogP contribution in [0.5, 0.6) is 0 Å². The van der Waals surface area contributed by atoms with E-state index in [0.717, 1.165) is 0 Å². The van der Waals surface area contributed by atoms with Gasteiger partial charge in [-0.2, -0.15) is 0 Å². The Morgan fingerprint density at radius 3 is 0.889 bits per heavy atom. The van der Waals surface area contributed by atoms with E-state index in [1.54, 1.807) is 0 Å². The summed E-state index contributed by atoms with van der Waals surface area (Å²) in [6.45, 7) is 18.5. The molecule has 2 nitrogen and oxygen atoms in total. The number of hydrogen-bond donors (Lipinski definition) is 0. The van der Waals surface area contributed by atoms with Gasteiger partial charge in [-0.25, -0.2) is 0 Å². The maximum absolute atomic E-state index is 2.48. The smallest absolute Gasteiger partial charge is 0.0541 e. The van der Waals surface area contributed by atoms with Gasteiger partial charge < -0.3 is 9.13 Å². The monoisotopic (exact) mass is 1040 g/mol. The van der Waals surface area contributed by atoms with Crippen molar-refractivity contribution in [3.8, 4) is 67.0 Å². The van der Waals surface area contributed by atoms with Gasteiger partial charge in [0.15, 0.2) is 0 Å². The summed E-state index contributed by atoms with van der Waals surface area (Å²) in [5.74, 6) is 0. The SMILES string of the molecule is CC(C)(C)c1ccc(-n2c3ccccc3c3cc(-c4ccc(-c5ccc6c(c5)C(C)(C)c5cc(-c7ccc(-c8ccc9c(c8)c8ccccc8n9-c8ccc(C(C)(C)C)cc8)c8ccccc78)ccc5-6)c5ccccc45)ccc32)cc1. The van der Waals surface area contributed by atoms with E-state index in [4.69, 9.17) is 0 Å². The lowest BCUT2D eigenvalue weighted by molar-refractivity contribution is 0.590. The van der Waals surface area contributed by atoms with Crippen LogP contribution >= 0.6 is 0 Å². The Morgan fingerprint density at radius 1 is 0.259 bits per heavy atom. The second-order valence-corrected chi connectivity index (χ2v) is 25.3. The largest absolute Gasteiger partial charge is 0.309 e. The fraction of sp³-hybridized carbons (Fsp3) is 0.139. The molecule has 0 spiro atoms. The molecule has 2 aromatic heterocycles. The highest BCUT2D eigenvalue weighted by molar-refractivity contribution is 6.14. The second kappa shape index (κ2) is 17.9. The number of para-hydroxylation sites is 2. The molecule has 14 aromatic rings. The molecular formula is C79H64N2. The van der Waals surface area contributed by atoms with Gasteiger partial charge >= 0.3 is 0 Å². The van der Waals surface area contributed by atoms with Crippen LogP contribution in [0.15, 0.2) is 243 Å². The molecule has 15 rings (SSSR count). The molecule has 0 saturated heterocycles. The average molecular weight is 1040 g/mol. The standard InChI is InChI=1S/C79H64N2/c1-77(2,3)53-29-33-55(34-30-53)80-73-23-15-13-21-67(73)69-45-49(27-43-75(69)80)57-39-41-59(63-19-11-9-17-61(57)63)51-25-37-65-66-38-26-52(48-72(66)79(7,8)71(65)47-51)60-42-40-58(62-18-10-12-20-64(60)62)50-28-44-76-70(46-50)68-22-14-16-24-74(68)81(76)56-35-31-54(32-36-56)78(4,5)6/h9-48H,1-8H3. The Labute approximate surface area is 475 Å². The molecule has 390 valence electrons. The Balaban J connectivity index is 0.765. The topological polar surface area (TPSA) is 9.86 Å². The van der Waals surface area contributed by atoms with Gasteiger partial charge in [0.05, 0.1) is 22.1 Å². The number of aromatic nitrogens is 2. The van der Waals surface area contributed by atoms with Crippen molar-refractivity contribution in [3.63, 3.8) is 0 Å². The third kappa shape index (κ3) is 7.68. The predicted molar refractivity (Wildman–Crippen MR) is 347 cm³/mol. The first-order valence-electron chi connectivity index (χ1n) is 28.8.